The topological polar surface area (TPSA) is 46.2 Å². The Labute approximate surface area is 113 Å². The molecule has 1 N–H and O–H groups in total. The second-order valence-electron chi connectivity index (χ2n) is 4.89. The molecular weight excluding hydrogens is 238 g/mol. The minimum Gasteiger partial charge on any atom is -0.322 e. The zero-order valence-electron chi connectivity index (χ0n) is 10.9. The van der Waals surface area contributed by atoms with E-state index in [-0.39, 0.29) is 17.5 Å². The summed E-state index contributed by atoms with van der Waals surface area (Å²) in [5.41, 5.74) is 1.09. The molecule has 0 aliphatic heterocycles. The molecule has 3 nitrogen and oxygen atoms in total. The maximum absolute atomic E-state index is 12.0. The molecule has 0 bridgehead atoms. The van der Waals surface area contributed by atoms with Crippen LogP contribution in [0.25, 0.3) is 6.08 Å². The number of benzene rings is 1. The highest BCUT2D eigenvalue weighted by atomic mass is 16.2. The first-order chi connectivity index (χ1) is 9.29. The fraction of sp³-hybridized carbons (Fsp3) is 0.375. The molecule has 2 rings (SSSR count). The smallest absolute Gasteiger partial charge is 0.251 e. The third-order valence-electron chi connectivity index (χ3n) is 3.45. The van der Waals surface area contributed by atoms with Crippen molar-refractivity contribution in [3.63, 3.8) is 0 Å². The molecule has 0 unspecified atom stereocenters. The molecule has 1 amide bonds. The van der Waals surface area contributed by atoms with Gasteiger partial charge in [-0.05, 0) is 24.5 Å². The molecule has 1 fully saturated rings. The van der Waals surface area contributed by atoms with Crippen LogP contribution >= 0.6 is 0 Å². The van der Waals surface area contributed by atoms with Gasteiger partial charge in [0, 0.05) is 5.92 Å². The van der Waals surface area contributed by atoms with Gasteiger partial charge < -0.3 is 5.32 Å². The first kappa shape index (κ1) is 13.5. The Hall–Kier alpha value is -1.90. The zero-order chi connectivity index (χ0) is 13.5. The normalized spacial score (nSPS) is 16.9. The molecule has 99 valence electrons. The lowest BCUT2D eigenvalue weighted by Crippen LogP contribution is -2.31. The van der Waals surface area contributed by atoms with Crippen LogP contribution in [0.4, 0.5) is 0 Å². The molecule has 1 aromatic rings. The molecule has 1 aliphatic rings. The molecule has 0 saturated heterocycles. The molecule has 0 atom stereocenters. The van der Waals surface area contributed by atoms with Gasteiger partial charge in [0.25, 0.3) is 6.29 Å². The Kier molecular flexibility index (Phi) is 4.90. The molecule has 19 heavy (non-hydrogen) atoms. The predicted octanol–water partition coefficient (Wildman–Crippen LogP) is 2.83. The number of rotatable bonds is 4. The average Bonchev–Trinajstić information content (AvgIpc) is 2.48. The SMILES string of the molecule is O=[C]C(=Cc1ccccc1)NC(=O)C1CCCCC1. The fourth-order valence-corrected chi connectivity index (χ4v) is 2.41. The summed E-state index contributed by atoms with van der Waals surface area (Å²) in [6, 6.07) is 9.44. The summed E-state index contributed by atoms with van der Waals surface area (Å²) in [5, 5.41) is 2.68. The Morgan fingerprint density at radius 1 is 1.16 bits per heavy atom. The minimum absolute atomic E-state index is 0.0428. The predicted molar refractivity (Wildman–Crippen MR) is 74.8 cm³/mol. The van der Waals surface area contributed by atoms with Crippen LogP contribution in [0.5, 0.6) is 0 Å². The Morgan fingerprint density at radius 2 is 1.84 bits per heavy atom. The van der Waals surface area contributed by atoms with E-state index in [9.17, 15) is 9.59 Å². The van der Waals surface area contributed by atoms with Gasteiger partial charge in [0.2, 0.25) is 5.91 Å². The van der Waals surface area contributed by atoms with Crippen molar-refractivity contribution in [1.29, 1.82) is 0 Å². The van der Waals surface area contributed by atoms with Crippen LogP contribution in [0.3, 0.4) is 0 Å². The maximum Gasteiger partial charge on any atom is 0.251 e. The van der Waals surface area contributed by atoms with Crippen LogP contribution in [-0.2, 0) is 9.59 Å². The molecule has 1 saturated carbocycles. The Bertz CT molecular complexity index is 459. The number of hydrogen-bond donors (Lipinski definition) is 1. The molecule has 0 aromatic heterocycles. The summed E-state index contributed by atoms with van der Waals surface area (Å²) in [6.45, 7) is 0. The molecule has 1 aliphatic carbocycles. The van der Waals surface area contributed by atoms with Crippen LogP contribution in [0, 0.1) is 5.92 Å². The van der Waals surface area contributed by atoms with E-state index in [1.165, 1.54) is 6.42 Å². The van der Waals surface area contributed by atoms with Crippen molar-refractivity contribution >= 4 is 18.3 Å². The zero-order valence-corrected chi connectivity index (χ0v) is 10.9. The summed E-state index contributed by atoms with van der Waals surface area (Å²) in [6.07, 6.45) is 8.69. The van der Waals surface area contributed by atoms with Gasteiger partial charge >= 0.3 is 0 Å². The lowest BCUT2D eigenvalue weighted by Gasteiger charge is -2.20. The van der Waals surface area contributed by atoms with E-state index in [4.69, 9.17) is 0 Å². The lowest BCUT2D eigenvalue weighted by atomic mass is 9.88. The molecule has 0 spiro atoms. The van der Waals surface area contributed by atoms with E-state index < -0.39 is 0 Å². The molecule has 3 heteroatoms. The van der Waals surface area contributed by atoms with Crippen molar-refractivity contribution in [2.45, 2.75) is 32.1 Å². The second kappa shape index (κ2) is 6.88. The standard InChI is InChI=1S/C16H18NO2/c18-12-15(11-13-7-3-1-4-8-13)17-16(19)14-9-5-2-6-10-14/h1,3-4,7-8,11,14H,2,5-6,9-10H2,(H,17,19). The van der Waals surface area contributed by atoms with E-state index in [2.05, 4.69) is 5.32 Å². The van der Waals surface area contributed by atoms with Gasteiger partial charge in [-0.3, -0.25) is 9.59 Å². The van der Waals surface area contributed by atoms with Crippen molar-refractivity contribution in [2.75, 3.05) is 0 Å². The van der Waals surface area contributed by atoms with Crippen LogP contribution in [0.1, 0.15) is 37.7 Å². The lowest BCUT2D eigenvalue weighted by molar-refractivity contribution is -0.125. The molecular formula is C16H18NO2. The third-order valence-corrected chi connectivity index (χ3v) is 3.45. The van der Waals surface area contributed by atoms with E-state index in [0.29, 0.717) is 0 Å². The van der Waals surface area contributed by atoms with Gasteiger partial charge in [0.05, 0.1) is 5.70 Å². The summed E-state index contributed by atoms with van der Waals surface area (Å²) >= 11 is 0. The van der Waals surface area contributed by atoms with Crippen LogP contribution in [0.15, 0.2) is 36.0 Å². The highest BCUT2D eigenvalue weighted by molar-refractivity contribution is 5.91. The van der Waals surface area contributed by atoms with Crippen LogP contribution < -0.4 is 5.32 Å². The van der Waals surface area contributed by atoms with Gasteiger partial charge in [0.1, 0.15) is 0 Å². The summed E-state index contributed by atoms with van der Waals surface area (Å²) < 4.78 is 0. The van der Waals surface area contributed by atoms with Gasteiger partial charge in [-0.25, -0.2) is 0 Å². The van der Waals surface area contributed by atoms with Crippen molar-refractivity contribution in [3.8, 4) is 0 Å². The maximum atomic E-state index is 12.0. The Balaban J connectivity index is 2.00. The van der Waals surface area contributed by atoms with E-state index in [0.717, 1.165) is 31.2 Å². The quantitative estimate of drug-likeness (QED) is 0.842. The van der Waals surface area contributed by atoms with Crippen molar-refractivity contribution in [1.82, 2.24) is 5.32 Å². The molecule has 0 heterocycles. The number of allylic oxidation sites excluding steroid dienone is 1. The first-order valence-electron chi connectivity index (χ1n) is 6.75. The van der Waals surface area contributed by atoms with Gasteiger partial charge in [-0.15, -0.1) is 0 Å². The van der Waals surface area contributed by atoms with E-state index >= 15 is 0 Å². The first-order valence-corrected chi connectivity index (χ1v) is 6.75. The molecule has 1 aromatic carbocycles. The van der Waals surface area contributed by atoms with Crippen molar-refractivity contribution < 1.29 is 9.59 Å². The summed E-state index contributed by atoms with van der Waals surface area (Å²) in [7, 11) is 0. The highest BCUT2D eigenvalue weighted by Gasteiger charge is 2.21. The van der Waals surface area contributed by atoms with Gasteiger partial charge in [0.15, 0.2) is 0 Å². The van der Waals surface area contributed by atoms with Gasteiger partial charge in [-0.2, -0.15) is 0 Å². The van der Waals surface area contributed by atoms with E-state index in [1.807, 2.05) is 30.3 Å². The number of hydrogen-bond acceptors (Lipinski definition) is 2. The van der Waals surface area contributed by atoms with Crippen LogP contribution in [0.2, 0.25) is 0 Å². The average molecular weight is 256 g/mol. The van der Waals surface area contributed by atoms with E-state index in [1.54, 1.807) is 12.4 Å². The number of amides is 1. The van der Waals surface area contributed by atoms with Crippen molar-refractivity contribution in [2.24, 2.45) is 5.92 Å². The van der Waals surface area contributed by atoms with Gasteiger partial charge in [-0.1, -0.05) is 49.6 Å². The van der Waals surface area contributed by atoms with Crippen molar-refractivity contribution in [3.05, 3.63) is 41.6 Å². The monoisotopic (exact) mass is 256 g/mol. The number of carbonyl (C=O) groups excluding carboxylic acids is 2. The van der Waals surface area contributed by atoms with Crippen LogP contribution in [-0.4, -0.2) is 12.2 Å². The molecule has 1 radical (unpaired) electrons. The minimum atomic E-state index is -0.0507. The summed E-state index contributed by atoms with van der Waals surface area (Å²) in [5.74, 6) is -0.00787. The number of carbonyl (C=O) groups is 1. The number of nitrogens with one attached hydrogen (secondary N) is 1. The fourth-order valence-electron chi connectivity index (χ4n) is 2.41. The Morgan fingerprint density at radius 3 is 2.47 bits per heavy atom. The highest BCUT2D eigenvalue weighted by Crippen LogP contribution is 2.23. The summed E-state index contributed by atoms with van der Waals surface area (Å²) in [4.78, 5) is 22.9. The largest absolute Gasteiger partial charge is 0.322 e. The third kappa shape index (κ3) is 4.05. The second-order valence-corrected chi connectivity index (χ2v) is 4.89.